The number of carbonyl (C=O) groups is 1. The zero-order chi connectivity index (χ0) is 13.7. The maximum atomic E-state index is 11.7. The Hall–Kier alpha value is -1.95. The molecule has 0 unspecified atom stereocenters. The molecule has 0 aliphatic carbocycles. The molecule has 0 atom stereocenters. The van der Waals surface area contributed by atoms with Crippen molar-refractivity contribution in [2.75, 3.05) is 5.73 Å². The number of nitrogens with zero attached hydrogens (tertiary/aromatic N) is 2. The number of pyridine rings is 1. The van der Waals surface area contributed by atoms with Crippen LogP contribution in [0.5, 0.6) is 0 Å². The van der Waals surface area contributed by atoms with Gasteiger partial charge in [0.15, 0.2) is 0 Å². The number of hydrogen-bond donors (Lipinski definition) is 2. The van der Waals surface area contributed by atoms with E-state index < -0.39 is 0 Å². The lowest BCUT2D eigenvalue weighted by atomic mass is 10.2. The van der Waals surface area contributed by atoms with E-state index in [0.717, 1.165) is 17.1 Å². The van der Waals surface area contributed by atoms with Gasteiger partial charge < -0.3 is 11.1 Å². The minimum Gasteiger partial charge on any atom is -0.397 e. The van der Waals surface area contributed by atoms with Crippen LogP contribution >= 0.6 is 11.3 Å². The lowest BCUT2D eigenvalue weighted by molar-refractivity contribution is -0.120. The van der Waals surface area contributed by atoms with Crippen LogP contribution in [0.2, 0.25) is 0 Å². The molecule has 0 fully saturated rings. The molecule has 2 aromatic rings. The van der Waals surface area contributed by atoms with Crippen LogP contribution in [-0.4, -0.2) is 15.9 Å². The van der Waals surface area contributed by atoms with Gasteiger partial charge in [0.25, 0.3) is 0 Å². The third-order valence-electron chi connectivity index (χ3n) is 2.56. The van der Waals surface area contributed by atoms with Crippen molar-refractivity contribution >= 4 is 22.9 Å². The van der Waals surface area contributed by atoms with E-state index in [0.29, 0.717) is 17.9 Å². The van der Waals surface area contributed by atoms with Crippen molar-refractivity contribution in [2.24, 2.45) is 0 Å². The lowest BCUT2D eigenvalue weighted by Gasteiger charge is -2.03. The number of anilines is 1. The van der Waals surface area contributed by atoms with Gasteiger partial charge in [-0.1, -0.05) is 6.92 Å². The van der Waals surface area contributed by atoms with E-state index in [2.05, 4.69) is 22.2 Å². The largest absolute Gasteiger partial charge is 0.397 e. The molecule has 2 rings (SSSR count). The summed E-state index contributed by atoms with van der Waals surface area (Å²) in [6.07, 6.45) is 2.73. The monoisotopic (exact) mass is 276 g/mol. The Balaban J connectivity index is 1.82. The fraction of sp³-hybridized carbons (Fsp3) is 0.308. The minimum absolute atomic E-state index is 0.0664. The van der Waals surface area contributed by atoms with E-state index >= 15 is 0 Å². The van der Waals surface area contributed by atoms with Crippen LogP contribution in [0.4, 0.5) is 5.69 Å². The highest BCUT2D eigenvalue weighted by molar-refractivity contribution is 7.09. The van der Waals surface area contributed by atoms with Crippen LogP contribution < -0.4 is 11.1 Å². The molecule has 0 radical (unpaired) electrons. The molecule has 0 aliphatic heterocycles. The van der Waals surface area contributed by atoms with E-state index in [1.165, 1.54) is 0 Å². The Labute approximate surface area is 115 Å². The molecule has 19 heavy (non-hydrogen) atoms. The van der Waals surface area contributed by atoms with Gasteiger partial charge in [0.05, 0.1) is 35.6 Å². The molecule has 0 saturated heterocycles. The summed E-state index contributed by atoms with van der Waals surface area (Å²) in [5.74, 6) is -0.0664. The lowest BCUT2D eigenvalue weighted by Crippen LogP contribution is -2.25. The highest BCUT2D eigenvalue weighted by Crippen LogP contribution is 2.09. The first-order valence-electron chi connectivity index (χ1n) is 6.07. The fourth-order valence-corrected chi connectivity index (χ4v) is 2.29. The number of thiazole rings is 1. The van der Waals surface area contributed by atoms with Crippen molar-refractivity contribution in [3.63, 3.8) is 0 Å². The maximum Gasteiger partial charge on any atom is 0.226 e. The molecule has 2 aromatic heterocycles. The first kappa shape index (κ1) is 13.5. The number of nitrogens with two attached hydrogens (primary N) is 1. The number of hydrogen-bond acceptors (Lipinski definition) is 5. The predicted octanol–water partition coefficient (Wildman–Crippen LogP) is 1.54. The van der Waals surface area contributed by atoms with E-state index in [9.17, 15) is 4.79 Å². The van der Waals surface area contributed by atoms with E-state index in [1.54, 1.807) is 29.7 Å². The SMILES string of the molecule is CCc1nc(CNC(=O)Cc2ccc(N)cn2)cs1. The smallest absolute Gasteiger partial charge is 0.226 e. The number of aromatic nitrogens is 2. The van der Waals surface area contributed by atoms with Gasteiger partial charge in [0.2, 0.25) is 5.91 Å². The second kappa shape index (κ2) is 6.29. The van der Waals surface area contributed by atoms with Gasteiger partial charge in [-0.25, -0.2) is 4.98 Å². The standard InChI is InChI=1S/C13H16N4OS/c1-2-13-17-11(8-19-13)7-16-12(18)5-10-4-3-9(14)6-15-10/h3-4,6,8H,2,5,7,14H2,1H3,(H,16,18). The number of aryl methyl sites for hydroxylation is 1. The summed E-state index contributed by atoms with van der Waals surface area (Å²) in [5.41, 5.74) is 7.74. The summed E-state index contributed by atoms with van der Waals surface area (Å²) in [6.45, 7) is 2.53. The number of nitrogen functional groups attached to an aromatic ring is 1. The molecular weight excluding hydrogens is 260 g/mol. The third kappa shape index (κ3) is 4.03. The average molecular weight is 276 g/mol. The molecule has 0 saturated carbocycles. The van der Waals surface area contributed by atoms with Crippen LogP contribution in [0, 0.1) is 0 Å². The average Bonchev–Trinajstić information content (AvgIpc) is 2.87. The predicted molar refractivity (Wildman–Crippen MR) is 75.7 cm³/mol. The van der Waals surface area contributed by atoms with Gasteiger partial charge in [0.1, 0.15) is 0 Å². The van der Waals surface area contributed by atoms with Crippen LogP contribution in [0.3, 0.4) is 0 Å². The Morgan fingerprint density at radius 2 is 2.26 bits per heavy atom. The van der Waals surface area contributed by atoms with Gasteiger partial charge in [-0.05, 0) is 18.6 Å². The molecule has 100 valence electrons. The maximum absolute atomic E-state index is 11.7. The van der Waals surface area contributed by atoms with Gasteiger partial charge in [-0.2, -0.15) is 0 Å². The third-order valence-corrected chi connectivity index (χ3v) is 3.60. The van der Waals surface area contributed by atoms with Crippen LogP contribution in [0.25, 0.3) is 0 Å². The molecule has 0 bridgehead atoms. The van der Waals surface area contributed by atoms with Crippen LogP contribution in [0.1, 0.15) is 23.3 Å². The summed E-state index contributed by atoms with van der Waals surface area (Å²) in [6, 6.07) is 3.50. The molecule has 5 nitrogen and oxygen atoms in total. The second-order valence-corrected chi connectivity index (χ2v) is 5.07. The highest BCUT2D eigenvalue weighted by atomic mass is 32.1. The molecular formula is C13H16N4OS. The normalized spacial score (nSPS) is 10.4. The summed E-state index contributed by atoms with van der Waals surface area (Å²) in [4.78, 5) is 20.2. The van der Waals surface area contributed by atoms with E-state index in [-0.39, 0.29) is 12.3 Å². The van der Waals surface area contributed by atoms with Crippen LogP contribution in [0.15, 0.2) is 23.7 Å². The quantitative estimate of drug-likeness (QED) is 0.868. The van der Waals surface area contributed by atoms with Gasteiger partial charge in [-0.15, -0.1) is 11.3 Å². The van der Waals surface area contributed by atoms with E-state index in [1.807, 2.05) is 5.38 Å². The number of amides is 1. The number of rotatable bonds is 5. The van der Waals surface area contributed by atoms with Crippen LogP contribution in [-0.2, 0) is 24.2 Å². The Kier molecular flexibility index (Phi) is 4.46. The summed E-state index contributed by atoms with van der Waals surface area (Å²) < 4.78 is 0. The molecule has 0 aromatic carbocycles. The van der Waals surface area contributed by atoms with Crippen molar-refractivity contribution in [1.82, 2.24) is 15.3 Å². The zero-order valence-corrected chi connectivity index (χ0v) is 11.5. The van der Waals surface area contributed by atoms with Gasteiger partial charge in [-0.3, -0.25) is 9.78 Å². The van der Waals surface area contributed by atoms with Gasteiger partial charge >= 0.3 is 0 Å². The molecule has 1 amide bonds. The first-order valence-corrected chi connectivity index (χ1v) is 6.95. The fourth-order valence-electron chi connectivity index (χ4n) is 1.55. The summed E-state index contributed by atoms with van der Waals surface area (Å²) >= 11 is 1.62. The highest BCUT2D eigenvalue weighted by Gasteiger charge is 2.06. The van der Waals surface area contributed by atoms with Crippen molar-refractivity contribution in [3.8, 4) is 0 Å². The van der Waals surface area contributed by atoms with Crippen molar-refractivity contribution in [1.29, 1.82) is 0 Å². The first-order chi connectivity index (χ1) is 9.17. The Bertz CT molecular complexity index is 550. The van der Waals surface area contributed by atoms with Gasteiger partial charge in [0, 0.05) is 11.1 Å². The molecule has 0 spiro atoms. The number of carbonyl (C=O) groups excluding carboxylic acids is 1. The summed E-state index contributed by atoms with van der Waals surface area (Å²) in [5, 5.41) is 5.89. The zero-order valence-electron chi connectivity index (χ0n) is 10.7. The molecule has 2 heterocycles. The van der Waals surface area contributed by atoms with Crippen molar-refractivity contribution < 1.29 is 4.79 Å². The molecule has 3 N–H and O–H groups in total. The van der Waals surface area contributed by atoms with E-state index in [4.69, 9.17) is 5.73 Å². The number of nitrogens with one attached hydrogen (secondary N) is 1. The summed E-state index contributed by atoms with van der Waals surface area (Å²) in [7, 11) is 0. The van der Waals surface area contributed by atoms with Crippen molar-refractivity contribution in [2.45, 2.75) is 26.3 Å². The Morgan fingerprint density at radius 1 is 1.42 bits per heavy atom. The van der Waals surface area contributed by atoms with Crippen molar-refractivity contribution in [3.05, 3.63) is 40.1 Å². The minimum atomic E-state index is -0.0664. The molecule has 6 heteroatoms. The second-order valence-electron chi connectivity index (χ2n) is 4.12. The topological polar surface area (TPSA) is 80.9 Å². The Morgan fingerprint density at radius 3 is 2.89 bits per heavy atom. The molecule has 0 aliphatic rings.